The number of likely N-dealkylation sites (N-methyl/N-ethyl adjacent to an activating group) is 1. The Morgan fingerprint density at radius 2 is 1.93 bits per heavy atom. The molecule has 1 aliphatic rings. The maximum absolute atomic E-state index is 12.9. The number of rotatable bonds is 6. The average molecular weight is 380 g/mol. The van der Waals surface area contributed by atoms with Crippen LogP contribution in [0.5, 0.6) is 5.75 Å². The Balaban J connectivity index is 1.79. The molecular weight excluding hydrogens is 351 g/mol. The summed E-state index contributed by atoms with van der Waals surface area (Å²) < 4.78 is 23.8. The molecule has 2 rings (SSSR count). The lowest BCUT2D eigenvalue weighted by molar-refractivity contribution is -0.134. The van der Waals surface area contributed by atoms with Gasteiger partial charge < -0.3 is 14.4 Å². The second-order valence-corrected chi connectivity index (χ2v) is 7.75. The molecule has 0 radical (unpaired) electrons. The van der Waals surface area contributed by atoms with E-state index >= 15 is 0 Å². The summed E-state index contributed by atoms with van der Waals surface area (Å²) in [5, 5.41) is 0. The maximum Gasteiger partial charge on any atom is 0.410 e. The minimum atomic E-state index is -0.586. The summed E-state index contributed by atoms with van der Waals surface area (Å²) in [6.45, 7) is 6.90. The predicted molar refractivity (Wildman–Crippen MR) is 100 cm³/mol. The Bertz CT molecular complexity index is 642. The second-order valence-electron chi connectivity index (χ2n) is 7.75. The Morgan fingerprint density at radius 1 is 1.26 bits per heavy atom. The SMILES string of the molecule is CN(CCCOc1ccc(F)cc1)C(=O)[C@@H]1CCCN1C(=O)OC(C)(C)C. The summed E-state index contributed by atoms with van der Waals surface area (Å²) in [7, 11) is 1.73. The van der Waals surface area contributed by atoms with Crippen LogP contribution in [-0.2, 0) is 9.53 Å². The maximum atomic E-state index is 12.9. The van der Waals surface area contributed by atoms with Gasteiger partial charge in [0.2, 0.25) is 5.91 Å². The lowest BCUT2D eigenvalue weighted by Gasteiger charge is -2.30. The molecule has 1 aliphatic heterocycles. The van der Waals surface area contributed by atoms with Crippen LogP contribution in [0.3, 0.4) is 0 Å². The van der Waals surface area contributed by atoms with Crippen molar-refractivity contribution in [1.82, 2.24) is 9.80 Å². The first-order valence-corrected chi connectivity index (χ1v) is 9.30. The summed E-state index contributed by atoms with van der Waals surface area (Å²) in [5.41, 5.74) is -0.586. The average Bonchev–Trinajstić information content (AvgIpc) is 3.07. The zero-order chi connectivity index (χ0) is 20.0. The number of carbonyl (C=O) groups is 2. The van der Waals surface area contributed by atoms with Crippen molar-refractivity contribution in [1.29, 1.82) is 0 Å². The monoisotopic (exact) mass is 380 g/mol. The van der Waals surface area contributed by atoms with Crippen LogP contribution in [0.4, 0.5) is 9.18 Å². The van der Waals surface area contributed by atoms with Crippen LogP contribution in [0.25, 0.3) is 0 Å². The zero-order valence-electron chi connectivity index (χ0n) is 16.5. The lowest BCUT2D eigenvalue weighted by atomic mass is 10.2. The lowest BCUT2D eigenvalue weighted by Crippen LogP contribution is -2.48. The van der Waals surface area contributed by atoms with Gasteiger partial charge in [0.05, 0.1) is 6.61 Å². The third-order valence-electron chi connectivity index (χ3n) is 4.26. The highest BCUT2D eigenvalue weighted by molar-refractivity contribution is 5.86. The number of carbonyl (C=O) groups excluding carboxylic acids is 2. The van der Waals surface area contributed by atoms with Gasteiger partial charge in [0.25, 0.3) is 0 Å². The molecule has 1 aromatic carbocycles. The molecule has 0 aromatic heterocycles. The normalized spacial score (nSPS) is 16.9. The Labute approximate surface area is 160 Å². The minimum Gasteiger partial charge on any atom is -0.494 e. The first-order chi connectivity index (χ1) is 12.7. The summed E-state index contributed by atoms with van der Waals surface area (Å²) in [6, 6.07) is 5.36. The van der Waals surface area contributed by atoms with Crippen LogP contribution >= 0.6 is 0 Å². The molecule has 1 saturated heterocycles. The molecule has 0 N–H and O–H groups in total. The van der Waals surface area contributed by atoms with Gasteiger partial charge in [0.1, 0.15) is 23.2 Å². The van der Waals surface area contributed by atoms with Crippen molar-refractivity contribution >= 4 is 12.0 Å². The Hall–Kier alpha value is -2.31. The van der Waals surface area contributed by atoms with E-state index in [9.17, 15) is 14.0 Å². The van der Waals surface area contributed by atoms with Gasteiger partial charge in [-0.25, -0.2) is 9.18 Å². The van der Waals surface area contributed by atoms with E-state index in [2.05, 4.69) is 0 Å². The number of likely N-dealkylation sites (tertiary alicyclic amines) is 1. The molecule has 6 nitrogen and oxygen atoms in total. The first kappa shape index (κ1) is 21.0. The predicted octanol–water partition coefficient (Wildman–Crippen LogP) is 3.45. The van der Waals surface area contributed by atoms with Crippen molar-refractivity contribution in [2.24, 2.45) is 0 Å². The molecule has 0 bridgehead atoms. The van der Waals surface area contributed by atoms with Gasteiger partial charge in [0.15, 0.2) is 0 Å². The van der Waals surface area contributed by atoms with Gasteiger partial charge in [-0.3, -0.25) is 9.69 Å². The zero-order valence-corrected chi connectivity index (χ0v) is 16.5. The van der Waals surface area contributed by atoms with Crippen molar-refractivity contribution in [3.63, 3.8) is 0 Å². The third kappa shape index (κ3) is 6.41. The fraction of sp³-hybridized carbons (Fsp3) is 0.600. The van der Waals surface area contributed by atoms with Crippen LogP contribution in [0.1, 0.15) is 40.0 Å². The van der Waals surface area contributed by atoms with E-state index in [4.69, 9.17) is 9.47 Å². The standard InChI is InChI=1S/C20H29FN2O4/c1-20(2,3)27-19(25)23-13-5-7-17(23)18(24)22(4)12-6-14-26-16-10-8-15(21)9-11-16/h8-11,17H,5-7,12-14H2,1-4H3/t17-/m0/s1. The van der Waals surface area contributed by atoms with Crippen LogP contribution in [-0.4, -0.2) is 60.2 Å². The number of halogens is 1. The summed E-state index contributed by atoms with van der Waals surface area (Å²) in [5.74, 6) is 0.205. The highest BCUT2D eigenvalue weighted by Gasteiger charge is 2.37. The van der Waals surface area contributed by atoms with Crippen molar-refractivity contribution in [2.45, 2.75) is 51.7 Å². The molecule has 27 heavy (non-hydrogen) atoms. The highest BCUT2D eigenvalue weighted by Crippen LogP contribution is 2.22. The molecule has 0 spiro atoms. The topological polar surface area (TPSA) is 59.1 Å². The van der Waals surface area contributed by atoms with Gasteiger partial charge in [-0.05, 0) is 64.3 Å². The number of hydrogen-bond acceptors (Lipinski definition) is 4. The molecule has 150 valence electrons. The fourth-order valence-electron chi connectivity index (χ4n) is 2.95. The largest absolute Gasteiger partial charge is 0.494 e. The molecule has 2 amide bonds. The van der Waals surface area contributed by atoms with E-state index in [0.717, 1.165) is 6.42 Å². The van der Waals surface area contributed by atoms with Crippen LogP contribution in [0.2, 0.25) is 0 Å². The molecule has 1 atom stereocenters. The molecule has 0 saturated carbocycles. The van der Waals surface area contributed by atoms with Gasteiger partial charge in [0, 0.05) is 20.1 Å². The second kappa shape index (κ2) is 9.06. The van der Waals surface area contributed by atoms with Crippen LogP contribution in [0.15, 0.2) is 24.3 Å². The van der Waals surface area contributed by atoms with E-state index in [1.807, 2.05) is 20.8 Å². The Kier molecular flexibility index (Phi) is 7.05. The molecule has 1 aromatic rings. The van der Waals surface area contributed by atoms with Gasteiger partial charge in [-0.1, -0.05) is 0 Å². The minimum absolute atomic E-state index is 0.0832. The quantitative estimate of drug-likeness (QED) is 0.709. The number of nitrogens with zero attached hydrogens (tertiary/aromatic N) is 2. The van der Waals surface area contributed by atoms with E-state index in [1.54, 1.807) is 24.1 Å². The van der Waals surface area contributed by atoms with Crippen molar-refractivity contribution in [3.8, 4) is 5.75 Å². The summed E-state index contributed by atoms with van der Waals surface area (Å²) >= 11 is 0. The molecule has 1 fully saturated rings. The fourth-order valence-corrected chi connectivity index (χ4v) is 2.95. The number of amides is 2. The van der Waals surface area contributed by atoms with Gasteiger partial charge >= 0.3 is 6.09 Å². The third-order valence-corrected chi connectivity index (χ3v) is 4.26. The number of hydrogen-bond donors (Lipinski definition) is 0. The van der Waals surface area contributed by atoms with E-state index < -0.39 is 17.7 Å². The van der Waals surface area contributed by atoms with Crippen molar-refractivity contribution in [3.05, 3.63) is 30.1 Å². The molecular formula is C20H29FN2O4. The van der Waals surface area contributed by atoms with E-state index in [0.29, 0.717) is 38.3 Å². The van der Waals surface area contributed by atoms with Crippen molar-refractivity contribution in [2.75, 3.05) is 26.7 Å². The highest BCUT2D eigenvalue weighted by atomic mass is 19.1. The first-order valence-electron chi connectivity index (χ1n) is 9.30. The van der Waals surface area contributed by atoms with Gasteiger partial charge in [-0.15, -0.1) is 0 Å². The molecule has 1 heterocycles. The smallest absolute Gasteiger partial charge is 0.410 e. The summed E-state index contributed by atoms with van der Waals surface area (Å²) in [4.78, 5) is 28.2. The van der Waals surface area contributed by atoms with E-state index in [1.165, 1.54) is 17.0 Å². The molecule has 0 aliphatic carbocycles. The molecule has 7 heteroatoms. The van der Waals surface area contributed by atoms with E-state index in [-0.39, 0.29) is 11.7 Å². The van der Waals surface area contributed by atoms with Crippen LogP contribution < -0.4 is 4.74 Å². The number of ether oxygens (including phenoxy) is 2. The number of benzene rings is 1. The molecule has 0 unspecified atom stereocenters. The van der Waals surface area contributed by atoms with Crippen molar-refractivity contribution < 1.29 is 23.5 Å². The Morgan fingerprint density at radius 3 is 2.56 bits per heavy atom. The van der Waals surface area contributed by atoms with Crippen LogP contribution in [0, 0.1) is 5.82 Å². The summed E-state index contributed by atoms with van der Waals surface area (Å²) in [6.07, 6.45) is 1.64. The van der Waals surface area contributed by atoms with Gasteiger partial charge in [-0.2, -0.15) is 0 Å².